The molecule has 26 heavy (non-hydrogen) atoms. The maximum atomic E-state index is 12.9. The molecule has 1 aliphatic carbocycles. The first-order valence-corrected chi connectivity index (χ1v) is 9.63. The van der Waals surface area contributed by atoms with E-state index in [0.717, 1.165) is 24.8 Å². The van der Waals surface area contributed by atoms with Gasteiger partial charge in [-0.25, -0.2) is 0 Å². The number of likely N-dealkylation sites (tertiary alicyclic amines) is 1. The van der Waals surface area contributed by atoms with Gasteiger partial charge in [0.05, 0.1) is 13.7 Å². The number of methoxy groups -OCH3 is 1. The van der Waals surface area contributed by atoms with E-state index in [1.807, 2.05) is 19.2 Å². The Morgan fingerprint density at radius 3 is 2.69 bits per heavy atom. The van der Waals surface area contributed by atoms with Gasteiger partial charge in [0.15, 0.2) is 0 Å². The number of carbonyl (C=O) groups is 2. The van der Waals surface area contributed by atoms with Crippen LogP contribution in [-0.4, -0.2) is 54.5 Å². The summed E-state index contributed by atoms with van der Waals surface area (Å²) in [6, 6.07) is 8.20. The molecule has 1 saturated carbocycles. The first-order chi connectivity index (χ1) is 12.5. The Morgan fingerprint density at radius 2 is 1.96 bits per heavy atom. The van der Waals surface area contributed by atoms with Gasteiger partial charge in [0.2, 0.25) is 5.91 Å². The summed E-state index contributed by atoms with van der Waals surface area (Å²) in [6.45, 7) is 2.95. The predicted molar refractivity (Wildman–Crippen MR) is 101 cm³/mol. The van der Waals surface area contributed by atoms with Gasteiger partial charge < -0.3 is 9.64 Å². The van der Waals surface area contributed by atoms with E-state index in [2.05, 4.69) is 24.0 Å². The number of esters is 1. The van der Waals surface area contributed by atoms with Gasteiger partial charge in [0.25, 0.3) is 0 Å². The Bertz CT molecular complexity index is 660. The average molecular weight is 358 g/mol. The van der Waals surface area contributed by atoms with Crippen LogP contribution in [0.4, 0.5) is 0 Å². The van der Waals surface area contributed by atoms with E-state index in [9.17, 15) is 9.59 Å². The highest BCUT2D eigenvalue weighted by Gasteiger charge is 2.46. The predicted octanol–water partition coefficient (Wildman–Crippen LogP) is 2.76. The zero-order chi connectivity index (χ0) is 18.7. The Hall–Kier alpha value is -1.88. The molecule has 5 nitrogen and oxygen atoms in total. The van der Waals surface area contributed by atoms with Crippen molar-refractivity contribution in [3.8, 4) is 0 Å². The van der Waals surface area contributed by atoms with Gasteiger partial charge in [-0.15, -0.1) is 0 Å². The lowest BCUT2D eigenvalue weighted by molar-refractivity contribution is -0.147. The van der Waals surface area contributed by atoms with Crippen LogP contribution in [0.5, 0.6) is 0 Å². The van der Waals surface area contributed by atoms with Crippen molar-refractivity contribution in [1.29, 1.82) is 0 Å². The minimum absolute atomic E-state index is 0.0633. The maximum absolute atomic E-state index is 12.9. The van der Waals surface area contributed by atoms with E-state index in [-0.39, 0.29) is 17.9 Å². The summed E-state index contributed by atoms with van der Waals surface area (Å²) in [4.78, 5) is 29.0. The molecule has 3 unspecified atom stereocenters. The zero-order valence-corrected chi connectivity index (χ0v) is 16.1. The molecule has 0 spiro atoms. The molecule has 1 aromatic carbocycles. The number of aryl methyl sites for hydroxylation is 1. The van der Waals surface area contributed by atoms with E-state index < -0.39 is 0 Å². The van der Waals surface area contributed by atoms with Crippen LogP contribution >= 0.6 is 0 Å². The van der Waals surface area contributed by atoms with Crippen molar-refractivity contribution in [2.24, 2.45) is 5.92 Å². The Morgan fingerprint density at radius 1 is 1.23 bits per heavy atom. The molecule has 0 N–H and O–H groups in total. The van der Waals surface area contributed by atoms with Crippen LogP contribution < -0.4 is 0 Å². The molecule has 1 aliphatic heterocycles. The fourth-order valence-electron chi connectivity index (χ4n) is 4.56. The molecule has 1 aromatic rings. The van der Waals surface area contributed by atoms with Crippen LogP contribution in [0, 0.1) is 12.8 Å². The first kappa shape index (κ1) is 18.9. The second-order valence-corrected chi connectivity index (χ2v) is 7.74. The van der Waals surface area contributed by atoms with Crippen LogP contribution in [0.2, 0.25) is 0 Å². The quantitative estimate of drug-likeness (QED) is 0.760. The second kappa shape index (κ2) is 8.21. The van der Waals surface area contributed by atoms with Gasteiger partial charge in [-0.1, -0.05) is 37.1 Å². The first-order valence-electron chi connectivity index (χ1n) is 9.63. The Balaban J connectivity index is 1.69. The van der Waals surface area contributed by atoms with Crippen LogP contribution in [0.15, 0.2) is 24.3 Å². The Kier molecular flexibility index (Phi) is 5.97. The lowest BCUT2D eigenvalue weighted by Crippen LogP contribution is -2.48. The monoisotopic (exact) mass is 358 g/mol. The minimum atomic E-state index is -0.274. The summed E-state index contributed by atoms with van der Waals surface area (Å²) in [5.74, 6) is 0.379. The van der Waals surface area contributed by atoms with Crippen molar-refractivity contribution in [2.75, 3.05) is 20.7 Å². The highest BCUT2D eigenvalue weighted by Crippen LogP contribution is 2.39. The second-order valence-electron chi connectivity index (χ2n) is 7.74. The summed E-state index contributed by atoms with van der Waals surface area (Å²) < 4.78 is 5.02. The summed E-state index contributed by atoms with van der Waals surface area (Å²) in [5, 5.41) is 0. The average Bonchev–Trinajstić information content (AvgIpc) is 3.01. The molecule has 2 aliphatic rings. The number of carbonyl (C=O) groups excluding carboxylic acids is 2. The number of rotatable bonds is 5. The summed E-state index contributed by atoms with van der Waals surface area (Å²) >= 11 is 0. The molecule has 0 bridgehead atoms. The molecule has 3 rings (SSSR count). The van der Waals surface area contributed by atoms with Gasteiger partial charge >= 0.3 is 5.97 Å². The molecular weight excluding hydrogens is 328 g/mol. The van der Waals surface area contributed by atoms with Gasteiger partial charge in [0, 0.05) is 19.6 Å². The van der Waals surface area contributed by atoms with E-state index in [0.29, 0.717) is 25.0 Å². The molecule has 5 heteroatoms. The number of hydrogen-bond acceptors (Lipinski definition) is 4. The van der Waals surface area contributed by atoms with Crippen molar-refractivity contribution in [2.45, 2.75) is 57.7 Å². The number of amides is 1. The van der Waals surface area contributed by atoms with Crippen molar-refractivity contribution in [1.82, 2.24) is 9.80 Å². The fourth-order valence-corrected chi connectivity index (χ4v) is 4.56. The molecule has 3 atom stereocenters. The van der Waals surface area contributed by atoms with E-state index in [4.69, 9.17) is 4.74 Å². The topological polar surface area (TPSA) is 49.9 Å². The summed E-state index contributed by atoms with van der Waals surface area (Å²) in [7, 11) is 3.28. The van der Waals surface area contributed by atoms with Gasteiger partial charge in [-0.2, -0.15) is 0 Å². The summed E-state index contributed by atoms with van der Waals surface area (Å²) in [6.07, 6.45) is 5.46. The SMILES string of the molecule is COC(=O)C1CC2CCCCC2N1CC(=O)N(C)Cc1ccccc1C. The zero-order valence-electron chi connectivity index (χ0n) is 16.1. The van der Waals surface area contributed by atoms with Crippen LogP contribution in [-0.2, 0) is 20.9 Å². The number of ether oxygens (including phenoxy) is 1. The van der Waals surface area contributed by atoms with Crippen molar-refractivity contribution in [3.05, 3.63) is 35.4 Å². The van der Waals surface area contributed by atoms with E-state index >= 15 is 0 Å². The number of likely N-dealkylation sites (N-methyl/N-ethyl adjacent to an activating group) is 1. The molecule has 1 saturated heterocycles. The highest BCUT2D eigenvalue weighted by molar-refractivity contribution is 5.81. The lowest BCUT2D eigenvalue weighted by atomic mass is 9.85. The molecule has 142 valence electrons. The number of fused-ring (bicyclic) bond motifs is 1. The lowest BCUT2D eigenvalue weighted by Gasteiger charge is -2.33. The molecule has 1 heterocycles. The summed E-state index contributed by atoms with van der Waals surface area (Å²) in [5.41, 5.74) is 2.35. The number of hydrogen-bond donors (Lipinski definition) is 0. The molecule has 2 fully saturated rings. The van der Waals surface area contributed by atoms with Crippen LogP contribution in [0.1, 0.15) is 43.2 Å². The normalized spacial score (nSPS) is 25.6. The van der Waals surface area contributed by atoms with Gasteiger partial charge in [-0.05, 0) is 43.2 Å². The molecule has 0 aromatic heterocycles. The maximum Gasteiger partial charge on any atom is 0.323 e. The Labute approximate surface area is 156 Å². The number of benzene rings is 1. The van der Waals surface area contributed by atoms with Crippen LogP contribution in [0.3, 0.4) is 0 Å². The third kappa shape index (κ3) is 3.93. The largest absolute Gasteiger partial charge is 0.468 e. The third-order valence-electron chi connectivity index (χ3n) is 6.11. The standard InChI is InChI=1S/C21H30N2O3/c1-15-8-4-5-10-17(15)13-22(2)20(24)14-23-18-11-7-6-9-16(18)12-19(23)21(25)26-3/h4-5,8,10,16,18-19H,6-7,9,11-14H2,1-3H3. The van der Waals surface area contributed by atoms with E-state index in [1.165, 1.54) is 25.5 Å². The smallest absolute Gasteiger partial charge is 0.323 e. The highest BCUT2D eigenvalue weighted by atomic mass is 16.5. The molecular formula is C21H30N2O3. The minimum Gasteiger partial charge on any atom is -0.468 e. The van der Waals surface area contributed by atoms with Gasteiger partial charge in [-0.3, -0.25) is 14.5 Å². The van der Waals surface area contributed by atoms with E-state index in [1.54, 1.807) is 4.90 Å². The third-order valence-corrected chi connectivity index (χ3v) is 6.11. The van der Waals surface area contributed by atoms with Crippen molar-refractivity contribution in [3.63, 3.8) is 0 Å². The molecule has 1 amide bonds. The number of nitrogens with zero attached hydrogens (tertiary/aromatic N) is 2. The van der Waals surface area contributed by atoms with Gasteiger partial charge in [0.1, 0.15) is 6.04 Å². The molecule has 0 radical (unpaired) electrons. The van der Waals surface area contributed by atoms with Crippen molar-refractivity contribution < 1.29 is 14.3 Å². The van der Waals surface area contributed by atoms with Crippen molar-refractivity contribution >= 4 is 11.9 Å². The van der Waals surface area contributed by atoms with Crippen LogP contribution in [0.25, 0.3) is 0 Å². The fraction of sp³-hybridized carbons (Fsp3) is 0.619.